The number of rotatable bonds is 3. The third-order valence-electron chi connectivity index (χ3n) is 4.67. The molecule has 2 rings (SSSR count). The molecule has 1 heterocycles. The summed E-state index contributed by atoms with van der Waals surface area (Å²) in [4.78, 5) is 16.8. The highest BCUT2D eigenvalue weighted by Crippen LogP contribution is 2.25. The summed E-state index contributed by atoms with van der Waals surface area (Å²) in [7, 11) is 3.87. The Balaban J connectivity index is 1.89. The third kappa shape index (κ3) is 4.46. The molecule has 0 spiro atoms. The predicted octanol–water partition coefficient (Wildman–Crippen LogP) is 1.18. The smallest absolute Gasteiger partial charge is 0.225 e. The summed E-state index contributed by atoms with van der Waals surface area (Å²) < 4.78 is 0. The predicted molar refractivity (Wildman–Crippen MR) is 78.1 cm³/mol. The number of nitrogens with one attached hydrogen (secondary N) is 1. The van der Waals surface area contributed by atoms with Crippen LogP contribution in [0.15, 0.2) is 0 Å². The van der Waals surface area contributed by atoms with E-state index in [1.165, 1.54) is 38.6 Å². The van der Waals surface area contributed by atoms with Gasteiger partial charge in [-0.2, -0.15) is 0 Å². The van der Waals surface area contributed by atoms with Gasteiger partial charge >= 0.3 is 0 Å². The minimum atomic E-state index is 0.126. The monoisotopic (exact) mass is 267 g/mol. The fourth-order valence-corrected chi connectivity index (χ4v) is 3.51. The number of likely N-dealkylation sites (N-methyl/N-ethyl adjacent to an activating group) is 1. The second-order valence-corrected chi connectivity index (χ2v) is 6.34. The lowest BCUT2D eigenvalue weighted by Crippen LogP contribution is -2.40. The maximum Gasteiger partial charge on any atom is 0.225 e. The molecule has 110 valence electrons. The molecule has 0 bridgehead atoms. The Hall–Kier alpha value is -0.610. The first kappa shape index (κ1) is 14.8. The highest BCUT2D eigenvalue weighted by atomic mass is 16.1. The Morgan fingerprint density at radius 1 is 1.16 bits per heavy atom. The molecule has 0 aromatic rings. The molecule has 1 atom stereocenters. The molecular formula is C15H29N3O. The molecule has 1 amide bonds. The quantitative estimate of drug-likeness (QED) is 0.834. The van der Waals surface area contributed by atoms with Crippen LogP contribution in [0.3, 0.4) is 0 Å². The fourth-order valence-electron chi connectivity index (χ4n) is 3.51. The van der Waals surface area contributed by atoms with Crippen LogP contribution < -0.4 is 5.32 Å². The van der Waals surface area contributed by atoms with E-state index in [4.69, 9.17) is 0 Å². The van der Waals surface area contributed by atoms with Gasteiger partial charge in [0.05, 0.1) is 5.92 Å². The zero-order chi connectivity index (χ0) is 13.7. The zero-order valence-corrected chi connectivity index (χ0v) is 12.5. The number of carbonyl (C=O) groups excluding carboxylic acids is 1. The van der Waals surface area contributed by atoms with Gasteiger partial charge < -0.3 is 15.1 Å². The van der Waals surface area contributed by atoms with Crippen LogP contribution in [-0.4, -0.2) is 62.5 Å². The minimum Gasteiger partial charge on any atom is -0.359 e. The van der Waals surface area contributed by atoms with E-state index >= 15 is 0 Å². The molecule has 4 nitrogen and oxygen atoms in total. The molecule has 2 fully saturated rings. The van der Waals surface area contributed by atoms with Gasteiger partial charge in [-0.25, -0.2) is 0 Å². The summed E-state index contributed by atoms with van der Waals surface area (Å²) in [5.41, 5.74) is 0. The topological polar surface area (TPSA) is 35.6 Å². The molecule has 1 saturated carbocycles. The van der Waals surface area contributed by atoms with Gasteiger partial charge in [-0.1, -0.05) is 19.3 Å². The van der Waals surface area contributed by atoms with Crippen molar-refractivity contribution in [3.63, 3.8) is 0 Å². The summed E-state index contributed by atoms with van der Waals surface area (Å²) in [5, 5.41) is 2.81. The van der Waals surface area contributed by atoms with Gasteiger partial charge in [-0.05, 0) is 25.8 Å². The third-order valence-corrected chi connectivity index (χ3v) is 4.67. The van der Waals surface area contributed by atoms with Crippen LogP contribution in [-0.2, 0) is 4.79 Å². The lowest BCUT2D eigenvalue weighted by atomic mass is 9.89. The first-order chi connectivity index (χ1) is 9.19. The lowest BCUT2D eigenvalue weighted by molar-refractivity contribution is -0.125. The van der Waals surface area contributed by atoms with Gasteiger partial charge in [0.25, 0.3) is 0 Å². The average molecular weight is 267 g/mol. The molecule has 0 radical (unpaired) electrons. The van der Waals surface area contributed by atoms with Gasteiger partial charge in [0.1, 0.15) is 0 Å². The maximum absolute atomic E-state index is 11.9. The van der Waals surface area contributed by atoms with Gasteiger partial charge in [-0.3, -0.25) is 4.79 Å². The first-order valence-corrected chi connectivity index (χ1v) is 7.81. The maximum atomic E-state index is 11.9. The highest BCUT2D eigenvalue weighted by Gasteiger charge is 2.27. The summed E-state index contributed by atoms with van der Waals surface area (Å²) in [6.45, 7) is 5.21. The van der Waals surface area contributed by atoms with Crippen molar-refractivity contribution in [2.24, 2.45) is 11.8 Å². The minimum absolute atomic E-state index is 0.126. The van der Waals surface area contributed by atoms with Gasteiger partial charge in [0, 0.05) is 39.8 Å². The summed E-state index contributed by atoms with van der Waals surface area (Å²) >= 11 is 0. The molecule has 4 heteroatoms. The van der Waals surface area contributed by atoms with Crippen LogP contribution in [0, 0.1) is 11.8 Å². The molecule has 2 aliphatic rings. The molecule has 1 saturated heterocycles. The molecule has 1 aliphatic carbocycles. The number of amides is 1. The molecule has 1 N–H and O–H groups in total. The van der Waals surface area contributed by atoms with E-state index in [1.54, 1.807) is 7.05 Å². The number of carbonyl (C=O) groups is 1. The van der Waals surface area contributed by atoms with Crippen LogP contribution >= 0.6 is 0 Å². The van der Waals surface area contributed by atoms with Crippen LogP contribution in [0.4, 0.5) is 0 Å². The van der Waals surface area contributed by atoms with E-state index in [9.17, 15) is 4.79 Å². The van der Waals surface area contributed by atoms with Crippen LogP contribution in [0.5, 0.6) is 0 Å². The van der Waals surface area contributed by atoms with Crippen LogP contribution in [0.2, 0.25) is 0 Å². The van der Waals surface area contributed by atoms with E-state index in [0.717, 1.165) is 32.1 Å². The number of nitrogens with zero attached hydrogens (tertiary/aromatic N) is 2. The SMILES string of the molecule is CNC(=O)C1CN(C)CCN(CC2CCCCC2)C1. The largest absolute Gasteiger partial charge is 0.359 e. The van der Waals surface area contributed by atoms with E-state index in [0.29, 0.717) is 0 Å². The van der Waals surface area contributed by atoms with Crippen molar-refractivity contribution in [3.8, 4) is 0 Å². The standard InChI is InChI=1S/C15H29N3O/c1-16-15(19)14-11-17(2)8-9-18(12-14)10-13-6-4-3-5-7-13/h13-14H,3-12H2,1-2H3,(H,16,19). The van der Waals surface area contributed by atoms with Crippen LogP contribution in [0.1, 0.15) is 32.1 Å². The van der Waals surface area contributed by atoms with Crippen molar-refractivity contribution in [2.45, 2.75) is 32.1 Å². The van der Waals surface area contributed by atoms with Crippen molar-refractivity contribution in [2.75, 3.05) is 46.8 Å². The molecule has 0 aromatic carbocycles. The summed E-state index contributed by atoms with van der Waals surface area (Å²) in [5.74, 6) is 1.19. The van der Waals surface area contributed by atoms with Crippen molar-refractivity contribution >= 4 is 5.91 Å². The second kappa shape index (κ2) is 7.25. The Morgan fingerprint density at radius 2 is 1.89 bits per heavy atom. The van der Waals surface area contributed by atoms with Crippen molar-refractivity contribution in [1.82, 2.24) is 15.1 Å². The molecule has 1 aliphatic heterocycles. The fraction of sp³-hybridized carbons (Fsp3) is 0.933. The van der Waals surface area contributed by atoms with Crippen molar-refractivity contribution < 1.29 is 4.79 Å². The lowest BCUT2D eigenvalue weighted by Gasteiger charge is -2.29. The number of hydrogen-bond donors (Lipinski definition) is 1. The first-order valence-electron chi connectivity index (χ1n) is 7.81. The molecule has 0 aromatic heterocycles. The summed E-state index contributed by atoms with van der Waals surface area (Å²) in [6, 6.07) is 0. The van der Waals surface area contributed by atoms with E-state index in [2.05, 4.69) is 22.2 Å². The van der Waals surface area contributed by atoms with E-state index in [-0.39, 0.29) is 11.8 Å². The Kier molecular flexibility index (Phi) is 5.64. The zero-order valence-electron chi connectivity index (χ0n) is 12.5. The average Bonchev–Trinajstić information content (AvgIpc) is 2.61. The van der Waals surface area contributed by atoms with Gasteiger partial charge in [0.15, 0.2) is 0 Å². The van der Waals surface area contributed by atoms with E-state index in [1.807, 2.05) is 0 Å². The van der Waals surface area contributed by atoms with Crippen molar-refractivity contribution in [3.05, 3.63) is 0 Å². The normalized spacial score (nSPS) is 28.0. The van der Waals surface area contributed by atoms with E-state index < -0.39 is 0 Å². The van der Waals surface area contributed by atoms with Crippen molar-refractivity contribution in [1.29, 1.82) is 0 Å². The van der Waals surface area contributed by atoms with Crippen LogP contribution in [0.25, 0.3) is 0 Å². The molecular weight excluding hydrogens is 238 g/mol. The van der Waals surface area contributed by atoms with Gasteiger partial charge in [0.2, 0.25) is 5.91 Å². The Labute approximate surface area is 117 Å². The Bertz CT molecular complexity index is 289. The molecule has 1 unspecified atom stereocenters. The Morgan fingerprint density at radius 3 is 2.58 bits per heavy atom. The second-order valence-electron chi connectivity index (χ2n) is 6.34. The highest BCUT2D eigenvalue weighted by molar-refractivity contribution is 5.78. The molecule has 19 heavy (non-hydrogen) atoms. The number of hydrogen-bond acceptors (Lipinski definition) is 3. The van der Waals surface area contributed by atoms with Gasteiger partial charge in [-0.15, -0.1) is 0 Å². The summed E-state index contributed by atoms with van der Waals surface area (Å²) in [6.07, 6.45) is 6.99.